The van der Waals surface area contributed by atoms with Crippen molar-refractivity contribution in [2.24, 2.45) is 0 Å². The van der Waals surface area contributed by atoms with Crippen LogP contribution in [-0.4, -0.2) is 24.7 Å². The van der Waals surface area contributed by atoms with Gasteiger partial charge in [0.25, 0.3) is 0 Å². The van der Waals surface area contributed by atoms with E-state index in [0.717, 1.165) is 30.5 Å². The number of aromatic hydroxyl groups is 1. The van der Waals surface area contributed by atoms with Crippen molar-refractivity contribution >= 4 is 5.97 Å². The Balaban J connectivity index is 2.19. The highest BCUT2D eigenvalue weighted by atomic mass is 16.5. The zero-order valence-electron chi connectivity index (χ0n) is 9.90. The Kier molecular flexibility index (Phi) is 3.64. The second kappa shape index (κ2) is 5.19. The number of esters is 1. The molecule has 2 rings (SSSR count). The molecule has 0 bridgehead atoms. The summed E-state index contributed by atoms with van der Waals surface area (Å²) in [6.07, 6.45) is 2.39. The highest BCUT2D eigenvalue weighted by Gasteiger charge is 2.19. The van der Waals surface area contributed by atoms with Crippen molar-refractivity contribution in [1.29, 1.82) is 0 Å². The van der Waals surface area contributed by atoms with Crippen LogP contribution in [0.3, 0.4) is 0 Å². The average Bonchev–Trinajstić information content (AvgIpc) is 2.85. The molecule has 4 nitrogen and oxygen atoms in total. The molecule has 1 heterocycles. The van der Waals surface area contributed by atoms with Crippen molar-refractivity contribution in [3.05, 3.63) is 29.3 Å². The zero-order chi connectivity index (χ0) is 12.3. The van der Waals surface area contributed by atoms with E-state index in [0.29, 0.717) is 0 Å². The van der Waals surface area contributed by atoms with Crippen LogP contribution in [0.25, 0.3) is 0 Å². The molecule has 0 aromatic heterocycles. The molecule has 17 heavy (non-hydrogen) atoms. The zero-order valence-corrected chi connectivity index (χ0v) is 9.90. The number of hydrogen-bond donors (Lipinski definition) is 2. The number of phenols is 1. The normalized spacial score (nSPS) is 19.2. The Morgan fingerprint density at radius 2 is 2.41 bits per heavy atom. The maximum atomic E-state index is 11.2. The lowest BCUT2D eigenvalue weighted by Crippen LogP contribution is -2.13. The van der Waals surface area contributed by atoms with Crippen LogP contribution in [0.4, 0.5) is 0 Å². The minimum atomic E-state index is -0.263. The Hall–Kier alpha value is -1.55. The summed E-state index contributed by atoms with van der Waals surface area (Å²) < 4.78 is 4.63. The molecule has 2 N–H and O–H groups in total. The molecule has 4 heteroatoms. The number of rotatable bonds is 3. The first-order chi connectivity index (χ1) is 8.20. The van der Waals surface area contributed by atoms with Gasteiger partial charge in [0.2, 0.25) is 0 Å². The van der Waals surface area contributed by atoms with E-state index in [2.05, 4.69) is 10.1 Å². The molecule has 0 spiro atoms. The number of methoxy groups -OCH3 is 1. The predicted molar refractivity (Wildman–Crippen MR) is 63.8 cm³/mol. The largest absolute Gasteiger partial charge is 0.508 e. The SMILES string of the molecule is COC(=O)Cc1ccc(O)c([C@@H]2CCCN2)c1. The van der Waals surface area contributed by atoms with E-state index in [9.17, 15) is 9.90 Å². The summed E-state index contributed by atoms with van der Waals surface area (Å²) >= 11 is 0. The fourth-order valence-electron chi connectivity index (χ4n) is 2.18. The van der Waals surface area contributed by atoms with E-state index < -0.39 is 0 Å². The lowest BCUT2D eigenvalue weighted by atomic mass is 10.00. The second-order valence-electron chi connectivity index (χ2n) is 4.30. The third kappa shape index (κ3) is 2.77. The van der Waals surface area contributed by atoms with Gasteiger partial charge < -0.3 is 15.2 Å². The van der Waals surface area contributed by atoms with Crippen LogP contribution in [0.2, 0.25) is 0 Å². The molecule has 1 fully saturated rings. The quantitative estimate of drug-likeness (QED) is 0.780. The maximum Gasteiger partial charge on any atom is 0.309 e. The van der Waals surface area contributed by atoms with Gasteiger partial charge in [0.05, 0.1) is 13.5 Å². The van der Waals surface area contributed by atoms with Crippen LogP contribution in [0, 0.1) is 0 Å². The van der Waals surface area contributed by atoms with Crippen LogP contribution in [0.1, 0.15) is 30.0 Å². The molecule has 0 amide bonds. The van der Waals surface area contributed by atoms with Gasteiger partial charge in [0.15, 0.2) is 0 Å². The van der Waals surface area contributed by atoms with E-state index in [1.165, 1.54) is 7.11 Å². The highest BCUT2D eigenvalue weighted by molar-refractivity contribution is 5.72. The molecule has 92 valence electrons. The van der Waals surface area contributed by atoms with E-state index in [4.69, 9.17) is 0 Å². The van der Waals surface area contributed by atoms with Gasteiger partial charge in [-0.05, 0) is 37.1 Å². The Labute approximate surface area is 101 Å². The molecule has 1 aliphatic heterocycles. The lowest BCUT2D eigenvalue weighted by molar-refractivity contribution is -0.139. The number of phenolic OH excluding ortho intramolecular Hbond substituents is 1. The van der Waals surface area contributed by atoms with Crippen molar-refractivity contribution in [2.45, 2.75) is 25.3 Å². The molecule has 0 radical (unpaired) electrons. The lowest BCUT2D eigenvalue weighted by Gasteiger charge is -2.13. The van der Waals surface area contributed by atoms with Gasteiger partial charge in [-0.15, -0.1) is 0 Å². The van der Waals surface area contributed by atoms with Crippen LogP contribution in [0.15, 0.2) is 18.2 Å². The van der Waals surface area contributed by atoms with Crippen molar-refractivity contribution in [3.63, 3.8) is 0 Å². The van der Waals surface area contributed by atoms with Crippen LogP contribution < -0.4 is 5.32 Å². The predicted octanol–water partition coefficient (Wildman–Crippen LogP) is 1.53. The summed E-state index contributed by atoms with van der Waals surface area (Å²) in [7, 11) is 1.38. The van der Waals surface area contributed by atoms with Gasteiger partial charge in [-0.3, -0.25) is 4.79 Å². The number of benzene rings is 1. The van der Waals surface area contributed by atoms with Gasteiger partial charge in [-0.1, -0.05) is 6.07 Å². The first kappa shape index (κ1) is 11.9. The number of carbonyl (C=O) groups excluding carboxylic acids is 1. The minimum absolute atomic E-state index is 0.201. The molecular formula is C13H17NO3. The number of carbonyl (C=O) groups is 1. The van der Waals surface area contributed by atoms with Crippen molar-refractivity contribution in [1.82, 2.24) is 5.32 Å². The fourth-order valence-corrected chi connectivity index (χ4v) is 2.18. The molecular weight excluding hydrogens is 218 g/mol. The summed E-state index contributed by atoms with van der Waals surface area (Å²) in [5.74, 6) is 0.0269. The van der Waals surface area contributed by atoms with E-state index in [1.807, 2.05) is 6.07 Å². The highest BCUT2D eigenvalue weighted by Crippen LogP contribution is 2.30. The molecule has 0 saturated carbocycles. The molecule has 0 unspecified atom stereocenters. The summed E-state index contributed by atoms with van der Waals surface area (Å²) in [6, 6.07) is 5.49. The van der Waals surface area contributed by atoms with E-state index in [1.54, 1.807) is 12.1 Å². The number of ether oxygens (including phenoxy) is 1. The molecule has 1 aromatic carbocycles. The van der Waals surface area contributed by atoms with Gasteiger partial charge >= 0.3 is 5.97 Å². The van der Waals surface area contributed by atoms with Crippen LogP contribution in [0.5, 0.6) is 5.75 Å². The number of nitrogens with one attached hydrogen (secondary N) is 1. The third-order valence-electron chi connectivity index (χ3n) is 3.10. The minimum Gasteiger partial charge on any atom is -0.508 e. The van der Waals surface area contributed by atoms with Crippen molar-refractivity contribution in [3.8, 4) is 5.75 Å². The third-order valence-corrected chi connectivity index (χ3v) is 3.10. The standard InChI is InChI=1S/C13H17NO3/c1-17-13(16)8-9-4-5-12(15)10(7-9)11-3-2-6-14-11/h4-5,7,11,14-15H,2-3,6,8H2,1H3/t11-/m0/s1. The molecule has 1 saturated heterocycles. The van der Waals surface area contributed by atoms with E-state index in [-0.39, 0.29) is 24.2 Å². The molecule has 0 aliphatic carbocycles. The smallest absolute Gasteiger partial charge is 0.309 e. The van der Waals surface area contributed by atoms with Crippen LogP contribution in [-0.2, 0) is 16.0 Å². The molecule has 1 aliphatic rings. The van der Waals surface area contributed by atoms with Crippen molar-refractivity contribution in [2.75, 3.05) is 13.7 Å². The topological polar surface area (TPSA) is 58.6 Å². The van der Waals surface area contributed by atoms with E-state index >= 15 is 0 Å². The summed E-state index contributed by atoms with van der Waals surface area (Å²) in [6.45, 7) is 0.978. The van der Waals surface area contributed by atoms with Crippen LogP contribution >= 0.6 is 0 Å². The maximum absolute atomic E-state index is 11.2. The Morgan fingerprint density at radius 3 is 3.06 bits per heavy atom. The first-order valence-electron chi connectivity index (χ1n) is 5.82. The average molecular weight is 235 g/mol. The monoisotopic (exact) mass is 235 g/mol. The summed E-state index contributed by atoms with van der Waals surface area (Å²) in [5, 5.41) is 13.2. The molecule has 1 aromatic rings. The summed E-state index contributed by atoms with van der Waals surface area (Å²) in [4.78, 5) is 11.2. The Morgan fingerprint density at radius 1 is 1.59 bits per heavy atom. The van der Waals surface area contributed by atoms with Crippen molar-refractivity contribution < 1.29 is 14.6 Å². The first-order valence-corrected chi connectivity index (χ1v) is 5.82. The summed E-state index contributed by atoms with van der Waals surface area (Å²) in [5.41, 5.74) is 1.75. The molecule has 1 atom stereocenters. The van der Waals surface area contributed by atoms with Gasteiger partial charge in [-0.25, -0.2) is 0 Å². The van der Waals surface area contributed by atoms with Gasteiger partial charge in [0, 0.05) is 11.6 Å². The van der Waals surface area contributed by atoms with Gasteiger partial charge in [-0.2, -0.15) is 0 Å². The van der Waals surface area contributed by atoms with Gasteiger partial charge in [0.1, 0.15) is 5.75 Å². The second-order valence-corrected chi connectivity index (χ2v) is 4.30. The fraction of sp³-hybridized carbons (Fsp3) is 0.462. The number of hydrogen-bond acceptors (Lipinski definition) is 4. The Bertz CT molecular complexity index is 411.